The largest absolute Gasteiger partial charge is 0.468 e. The molecule has 0 aliphatic heterocycles. The minimum Gasteiger partial charge on any atom is -0.468 e. The fraction of sp³-hybridized carbons (Fsp3) is 0.250. The summed E-state index contributed by atoms with van der Waals surface area (Å²) in [6.07, 6.45) is -3.70. The second-order valence-corrected chi connectivity index (χ2v) is 6.89. The molecule has 1 aliphatic carbocycles. The first-order chi connectivity index (χ1) is 13.7. The number of hydrogen-bond acceptors (Lipinski definition) is 4. The Labute approximate surface area is 163 Å². The van der Waals surface area contributed by atoms with Gasteiger partial charge >= 0.3 is 12.1 Å². The third kappa shape index (κ3) is 3.32. The number of fused-ring (bicyclic) bond motifs is 1. The van der Waals surface area contributed by atoms with Crippen molar-refractivity contribution in [2.24, 2.45) is 5.41 Å². The first kappa shape index (κ1) is 19.0. The lowest BCUT2D eigenvalue weighted by molar-refractivity contribution is -0.150. The number of carbonyl (C=O) groups is 2. The molecule has 1 saturated carbocycles. The maximum atomic E-state index is 13.3. The number of anilines is 1. The number of nitrogens with one attached hydrogen (secondary N) is 2. The fourth-order valence-corrected chi connectivity index (χ4v) is 3.27. The number of pyridine rings is 1. The molecule has 0 spiro atoms. The molecule has 0 unspecified atom stereocenters. The number of ether oxygens (including phenoxy) is 1. The monoisotopic (exact) mass is 403 g/mol. The van der Waals surface area contributed by atoms with E-state index in [1.165, 1.54) is 31.4 Å². The molecule has 1 amide bonds. The van der Waals surface area contributed by atoms with Crippen LogP contribution in [0.4, 0.5) is 19.0 Å². The number of benzene rings is 1. The molecule has 4 rings (SSSR count). The summed E-state index contributed by atoms with van der Waals surface area (Å²) in [7, 11) is 1.22. The topological polar surface area (TPSA) is 84.1 Å². The highest BCUT2D eigenvalue weighted by molar-refractivity contribution is 6.11. The highest BCUT2D eigenvalue weighted by Crippen LogP contribution is 2.47. The quantitative estimate of drug-likeness (QED) is 0.507. The second kappa shape index (κ2) is 6.61. The summed E-state index contributed by atoms with van der Waals surface area (Å²) in [5.74, 6) is -0.914. The lowest BCUT2D eigenvalue weighted by Gasteiger charge is -2.12. The summed E-state index contributed by atoms with van der Waals surface area (Å²) in [4.78, 5) is 31.4. The number of aromatic nitrogens is 2. The van der Waals surface area contributed by atoms with Crippen LogP contribution in [0.1, 0.15) is 18.4 Å². The Morgan fingerprint density at radius 3 is 2.55 bits per heavy atom. The highest BCUT2D eigenvalue weighted by atomic mass is 19.4. The van der Waals surface area contributed by atoms with Crippen LogP contribution in [0.5, 0.6) is 0 Å². The van der Waals surface area contributed by atoms with Crippen LogP contribution in [0.25, 0.3) is 22.3 Å². The van der Waals surface area contributed by atoms with Gasteiger partial charge in [-0.3, -0.25) is 9.59 Å². The molecule has 2 aromatic heterocycles. The van der Waals surface area contributed by atoms with Crippen molar-refractivity contribution in [3.63, 3.8) is 0 Å². The first-order valence-corrected chi connectivity index (χ1v) is 8.81. The molecule has 29 heavy (non-hydrogen) atoms. The van der Waals surface area contributed by atoms with Crippen LogP contribution < -0.4 is 5.32 Å². The summed E-state index contributed by atoms with van der Waals surface area (Å²) in [6, 6.07) is 9.97. The van der Waals surface area contributed by atoms with Crippen LogP contribution in [0.2, 0.25) is 0 Å². The number of amides is 1. The summed E-state index contributed by atoms with van der Waals surface area (Å²) in [5, 5.41) is 3.17. The van der Waals surface area contributed by atoms with E-state index in [-0.39, 0.29) is 17.1 Å². The van der Waals surface area contributed by atoms with Crippen molar-refractivity contribution in [3.05, 3.63) is 48.0 Å². The van der Waals surface area contributed by atoms with E-state index in [1.807, 2.05) is 0 Å². The van der Waals surface area contributed by atoms with Gasteiger partial charge in [0.05, 0.1) is 12.7 Å². The number of methoxy groups -OCH3 is 1. The van der Waals surface area contributed by atoms with Gasteiger partial charge in [0.2, 0.25) is 5.91 Å². The van der Waals surface area contributed by atoms with Gasteiger partial charge in [-0.25, -0.2) is 4.98 Å². The molecule has 1 aromatic carbocycles. The highest BCUT2D eigenvalue weighted by Gasteiger charge is 2.57. The Kier molecular flexibility index (Phi) is 4.33. The molecule has 0 bridgehead atoms. The molecule has 0 radical (unpaired) electrons. The first-order valence-electron chi connectivity index (χ1n) is 8.81. The Morgan fingerprint density at radius 1 is 1.17 bits per heavy atom. The minimum atomic E-state index is -4.49. The summed E-state index contributed by atoms with van der Waals surface area (Å²) < 4.78 is 44.6. The van der Waals surface area contributed by atoms with Crippen LogP contribution in [-0.2, 0) is 20.5 Å². The van der Waals surface area contributed by atoms with E-state index in [0.717, 1.165) is 6.07 Å². The Balaban J connectivity index is 1.65. The third-order valence-electron chi connectivity index (χ3n) is 5.00. The van der Waals surface area contributed by atoms with E-state index < -0.39 is 29.0 Å². The molecule has 3 aromatic rings. The standard InChI is InChI=1S/C20H16F3N3O3/c1-29-18(28)19(8-9-19)17(27)26-15-7-6-11-10-14(24-16(11)25-15)12-4-2-3-5-13(12)20(21,22)23/h2-7,10H,8-9H2,1H3,(H2,24,25,26,27). The summed E-state index contributed by atoms with van der Waals surface area (Å²) in [6.45, 7) is 0. The molecule has 150 valence electrons. The number of alkyl halides is 3. The zero-order valence-electron chi connectivity index (χ0n) is 15.3. The predicted molar refractivity (Wildman–Crippen MR) is 98.8 cm³/mol. The van der Waals surface area contributed by atoms with Crippen LogP contribution in [-0.4, -0.2) is 29.0 Å². The number of rotatable bonds is 4. The number of aromatic amines is 1. The molecule has 0 atom stereocenters. The number of H-pyrrole nitrogens is 1. The van der Waals surface area contributed by atoms with Crippen LogP contribution in [0.3, 0.4) is 0 Å². The van der Waals surface area contributed by atoms with E-state index in [0.29, 0.717) is 23.9 Å². The van der Waals surface area contributed by atoms with Crippen LogP contribution in [0, 0.1) is 5.41 Å². The predicted octanol–water partition coefficient (Wildman–Crippen LogP) is 4.14. The summed E-state index contributed by atoms with van der Waals surface area (Å²) in [5.41, 5.74) is -1.35. The molecule has 1 aliphatic rings. The molecule has 2 N–H and O–H groups in total. The maximum Gasteiger partial charge on any atom is 0.417 e. The number of esters is 1. The Bertz CT molecular complexity index is 1120. The van der Waals surface area contributed by atoms with Gasteiger partial charge in [0.1, 0.15) is 16.9 Å². The van der Waals surface area contributed by atoms with Crippen molar-refractivity contribution in [2.75, 3.05) is 12.4 Å². The van der Waals surface area contributed by atoms with Gasteiger partial charge in [0.25, 0.3) is 0 Å². The molecular weight excluding hydrogens is 387 g/mol. The molecular formula is C20H16F3N3O3. The SMILES string of the molecule is COC(=O)C1(C(=O)Nc2ccc3cc(-c4ccccc4C(F)(F)F)[nH]c3n2)CC1. The van der Waals surface area contributed by atoms with Gasteiger partial charge in [-0.15, -0.1) is 0 Å². The van der Waals surface area contributed by atoms with Crippen molar-refractivity contribution in [1.82, 2.24) is 9.97 Å². The Morgan fingerprint density at radius 2 is 1.90 bits per heavy atom. The van der Waals surface area contributed by atoms with E-state index >= 15 is 0 Å². The number of nitrogens with zero attached hydrogens (tertiary/aromatic N) is 1. The smallest absolute Gasteiger partial charge is 0.417 e. The van der Waals surface area contributed by atoms with Gasteiger partial charge < -0.3 is 15.0 Å². The molecule has 0 saturated heterocycles. The molecule has 6 nitrogen and oxygen atoms in total. The van der Waals surface area contributed by atoms with Gasteiger partial charge in [-0.1, -0.05) is 18.2 Å². The van der Waals surface area contributed by atoms with E-state index in [2.05, 4.69) is 20.0 Å². The van der Waals surface area contributed by atoms with E-state index in [1.54, 1.807) is 12.1 Å². The lowest BCUT2D eigenvalue weighted by atomic mass is 10.0. The van der Waals surface area contributed by atoms with Crippen LogP contribution >= 0.6 is 0 Å². The average molecular weight is 403 g/mol. The van der Waals surface area contributed by atoms with Crippen molar-refractivity contribution in [1.29, 1.82) is 0 Å². The molecule has 1 fully saturated rings. The van der Waals surface area contributed by atoms with Gasteiger partial charge in [-0.2, -0.15) is 13.2 Å². The fourth-order valence-electron chi connectivity index (χ4n) is 3.27. The second-order valence-electron chi connectivity index (χ2n) is 6.89. The van der Waals surface area contributed by atoms with Crippen molar-refractivity contribution >= 4 is 28.7 Å². The number of carbonyl (C=O) groups excluding carboxylic acids is 2. The van der Waals surface area contributed by atoms with Gasteiger partial charge in [0.15, 0.2) is 0 Å². The number of hydrogen-bond donors (Lipinski definition) is 2. The third-order valence-corrected chi connectivity index (χ3v) is 5.00. The van der Waals surface area contributed by atoms with Gasteiger partial charge in [-0.05, 0) is 37.1 Å². The van der Waals surface area contributed by atoms with Crippen molar-refractivity contribution in [3.8, 4) is 11.3 Å². The maximum absolute atomic E-state index is 13.3. The number of halogens is 3. The van der Waals surface area contributed by atoms with E-state index in [9.17, 15) is 22.8 Å². The minimum absolute atomic E-state index is 0.00575. The lowest BCUT2D eigenvalue weighted by Crippen LogP contribution is -2.32. The average Bonchev–Trinajstić information content (AvgIpc) is 3.40. The zero-order valence-corrected chi connectivity index (χ0v) is 15.3. The normalized spacial score (nSPS) is 15.2. The summed E-state index contributed by atoms with van der Waals surface area (Å²) >= 11 is 0. The van der Waals surface area contributed by atoms with E-state index in [4.69, 9.17) is 0 Å². The van der Waals surface area contributed by atoms with Crippen LogP contribution in [0.15, 0.2) is 42.5 Å². The van der Waals surface area contributed by atoms with Gasteiger partial charge in [0, 0.05) is 16.6 Å². The molecule has 9 heteroatoms. The Hall–Kier alpha value is -3.36. The molecule has 2 heterocycles. The van der Waals surface area contributed by atoms with Crippen molar-refractivity contribution in [2.45, 2.75) is 19.0 Å². The zero-order chi connectivity index (χ0) is 20.8. The van der Waals surface area contributed by atoms with Crippen molar-refractivity contribution < 1.29 is 27.5 Å².